The van der Waals surface area contributed by atoms with Gasteiger partial charge >= 0.3 is 0 Å². The lowest BCUT2D eigenvalue weighted by molar-refractivity contribution is 0.0923. The van der Waals surface area contributed by atoms with E-state index in [4.69, 9.17) is 4.74 Å². The number of anilines is 1. The lowest BCUT2D eigenvalue weighted by Crippen LogP contribution is -2.36. The fourth-order valence-electron chi connectivity index (χ4n) is 2.51. The van der Waals surface area contributed by atoms with Crippen molar-refractivity contribution in [3.63, 3.8) is 0 Å². The number of carbonyl (C=O) groups is 1. The van der Waals surface area contributed by atoms with Gasteiger partial charge in [-0.25, -0.2) is 0 Å². The quantitative estimate of drug-likeness (QED) is 0.763. The zero-order valence-electron chi connectivity index (χ0n) is 11.9. The summed E-state index contributed by atoms with van der Waals surface area (Å²) < 4.78 is 5.35. The molecule has 0 aliphatic carbocycles. The van der Waals surface area contributed by atoms with Gasteiger partial charge in [0.25, 0.3) is 0 Å². The number of hydrogen-bond acceptors (Lipinski definition) is 3. The standard InChI is InChI=1S/C16H23NO2/c1-3-4-13(2)16(18)14-5-7-15(8-6-14)17-9-11-19-12-10-17/h5-8,13H,3-4,9-12H2,1-2H3. The minimum Gasteiger partial charge on any atom is -0.378 e. The number of nitrogens with zero attached hydrogens (tertiary/aromatic N) is 1. The molecule has 1 saturated heterocycles. The van der Waals surface area contributed by atoms with E-state index < -0.39 is 0 Å². The van der Waals surface area contributed by atoms with Crippen LogP contribution in [0.1, 0.15) is 37.0 Å². The molecule has 0 N–H and O–H groups in total. The van der Waals surface area contributed by atoms with Crippen LogP contribution < -0.4 is 4.90 Å². The van der Waals surface area contributed by atoms with Crippen molar-refractivity contribution in [2.24, 2.45) is 5.92 Å². The van der Waals surface area contributed by atoms with Crippen LogP contribution >= 0.6 is 0 Å². The van der Waals surface area contributed by atoms with Crippen molar-refractivity contribution in [3.05, 3.63) is 29.8 Å². The molecule has 1 aliphatic rings. The van der Waals surface area contributed by atoms with Gasteiger partial charge in [-0.3, -0.25) is 4.79 Å². The van der Waals surface area contributed by atoms with Crippen LogP contribution in [0.15, 0.2) is 24.3 Å². The highest BCUT2D eigenvalue weighted by Gasteiger charge is 2.15. The Morgan fingerprint density at radius 3 is 2.47 bits per heavy atom. The second-order valence-corrected chi connectivity index (χ2v) is 5.20. The molecule has 104 valence electrons. The second kappa shape index (κ2) is 6.71. The Morgan fingerprint density at radius 1 is 1.26 bits per heavy atom. The molecule has 1 unspecified atom stereocenters. The average Bonchev–Trinajstić information content (AvgIpc) is 2.48. The van der Waals surface area contributed by atoms with Crippen LogP contribution in [-0.4, -0.2) is 32.1 Å². The number of Topliss-reactive ketones (excluding diaryl/α,β-unsaturated/α-hetero) is 1. The van der Waals surface area contributed by atoms with Gasteiger partial charge in [0.15, 0.2) is 5.78 Å². The highest BCUT2D eigenvalue weighted by atomic mass is 16.5. The minimum absolute atomic E-state index is 0.124. The van der Waals surface area contributed by atoms with E-state index in [0.717, 1.165) is 44.7 Å². The predicted molar refractivity (Wildman–Crippen MR) is 77.9 cm³/mol. The molecule has 1 atom stereocenters. The molecular formula is C16H23NO2. The van der Waals surface area contributed by atoms with Crippen molar-refractivity contribution in [3.8, 4) is 0 Å². The van der Waals surface area contributed by atoms with Crippen molar-refractivity contribution in [2.45, 2.75) is 26.7 Å². The summed E-state index contributed by atoms with van der Waals surface area (Å²) in [4.78, 5) is 14.5. The number of benzene rings is 1. The Labute approximate surface area is 115 Å². The lowest BCUT2D eigenvalue weighted by Gasteiger charge is -2.28. The van der Waals surface area contributed by atoms with Crippen molar-refractivity contribution in [1.82, 2.24) is 0 Å². The fraction of sp³-hybridized carbons (Fsp3) is 0.562. The van der Waals surface area contributed by atoms with E-state index >= 15 is 0 Å². The first-order chi connectivity index (χ1) is 9.22. The number of ether oxygens (including phenoxy) is 1. The first kappa shape index (κ1) is 14.1. The summed E-state index contributed by atoms with van der Waals surface area (Å²) in [5, 5.41) is 0. The van der Waals surface area contributed by atoms with E-state index in [1.54, 1.807) is 0 Å². The van der Waals surface area contributed by atoms with Gasteiger partial charge in [0.1, 0.15) is 0 Å². The van der Waals surface area contributed by atoms with E-state index in [1.807, 2.05) is 19.1 Å². The molecule has 3 nitrogen and oxygen atoms in total. The Kier molecular flexibility index (Phi) is 4.97. The Hall–Kier alpha value is -1.35. The summed E-state index contributed by atoms with van der Waals surface area (Å²) in [6.45, 7) is 7.56. The molecule has 0 bridgehead atoms. The van der Waals surface area contributed by atoms with E-state index in [1.165, 1.54) is 5.69 Å². The van der Waals surface area contributed by atoms with Crippen LogP contribution in [0.25, 0.3) is 0 Å². The number of morpholine rings is 1. The SMILES string of the molecule is CCCC(C)C(=O)c1ccc(N2CCOCC2)cc1. The molecule has 1 heterocycles. The van der Waals surface area contributed by atoms with Crippen LogP contribution in [0, 0.1) is 5.92 Å². The minimum atomic E-state index is 0.124. The van der Waals surface area contributed by atoms with E-state index in [9.17, 15) is 4.79 Å². The molecule has 1 aromatic carbocycles. The summed E-state index contributed by atoms with van der Waals surface area (Å²) in [5.41, 5.74) is 2.01. The third-order valence-electron chi connectivity index (χ3n) is 3.70. The average molecular weight is 261 g/mol. The van der Waals surface area contributed by atoms with Gasteiger partial charge in [-0.2, -0.15) is 0 Å². The summed E-state index contributed by atoms with van der Waals surface area (Å²) in [7, 11) is 0. The van der Waals surface area contributed by atoms with Gasteiger partial charge in [-0.05, 0) is 30.7 Å². The zero-order valence-corrected chi connectivity index (χ0v) is 11.9. The normalized spacial score (nSPS) is 17.3. The topological polar surface area (TPSA) is 29.5 Å². The second-order valence-electron chi connectivity index (χ2n) is 5.20. The molecular weight excluding hydrogens is 238 g/mol. The maximum absolute atomic E-state index is 12.2. The summed E-state index contributed by atoms with van der Waals surface area (Å²) in [6, 6.07) is 8.02. The molecule has 0 amide bonds. The third-order valence-corrected chi connectivity index (χ3v) is 3.70. The van der Waals surface area contributed by atoms with Crippen LogP contribution in [0.4, 0.5) is 5.69 Å². The van der Waals surface area contributed by atoms with Crippen LogP contribution in [0.5, 0.6) is 0 Å². The number of ketones is 1. The van der Waals surface area contributed by atoms with Gasteiger partial charge in [0.2, 0.25) is 0 Å². The summed E-state index contributed by atoms with van der Waals surface area (Å²) in [5.74, 6) is 0.384. The number of hydrogen-bond donors (Lipinski definition) is 0. The van der Waals surface area contributed by atoms with E-state index in [0.29, 0.717) is 0 Å². The van der Waals surface area contributed by atoms with Crippen LogP contribution in [0.3, 0.4) is 0 Å². The van der Waals surface area contributed by atoms with Crippen LogP contribution in [0.2, 0.25) is 0 Å². The van der Waals surface area contributed by atoms with Crippen molar-refractivity contribution < 1.29 is 9.53 Å². The molecule has 0 aromatic heterocycles. The van der Waals surface area contributed by atoms with Gasteiger partial charge in [-0.15, -0.1) is 0 Å². The highest BCUT2D eigenvalue weighted by molar-refractivity contribution is 5.97. The van der Waals surface area contributed by atoms with Crippen LogP contribution in [-0.2, 0) is 4.74 Å². The molecule has 0 spiro atoms. The largest absolute Gasteiger partial charge is 0.378 e. The maximum Gasteiger partial charge on any atom is 0.165 e. The smallest absolute Gasteiger partial charge is 0.165 e. The van der Waals surface area contributed by atoms with Gasteiger partial charge in [0.05, 0.1) is 13.2 Å². The van der Waals surface area contributed by atoms with Gasteiger partial charge in [0, 0.05) is 30.3 Å². The highest BCUT2D eigenvalue weighted by Crippen LogP contribution is 2.19. The van der Waals surface area contributed by atoms with Crippen molar-refractivity contribution in [2.75, 3.05) is 31.2 Å². The summed E-state index contributed by atoms with van der Waals surface area (Å²) in [6.07, 6.45) is 2.02. The van der Waals surface area contributed by atoms with Crippen molar-refractivity contribution in [1.29, 1.82) is 0 Å². The van der Waals surface area contributed by atoms with Gasteiger partial charge in [-0.1, -0.05) is 20.3 Å². The number of carbonyl (C=O) groups excluding carboxylic acids is 1. The molecule has 0 saturated carbocycles. The lowest BCUT2D eigenvalue weighted by atomic mass is 9.95. The predicted octanol–water partition coefficient (Wildman–Crippen LogP) is 3.14. The number of rotatable bonds is 5. The third kappa shape index (κ3) is 3.57. The van der Waals surface area contributed by atoms with Crippen molar-refractivity contribution >= 4 is 11.5 Å². The maximum atomic E-state index is 12.2. The summed E-state index contributed by atoms with van der Waals surface area (Å²) >= 11 is 0. The molecule has 1 fully saturated rings. The Morgan fingerprint density at radius 2 is 1.89 bits per heavy atom. The molecule has 1 aliphatic heterocycles. The molecule has 1 aromatic rings. The molecule has 19 heavy (non-hydrogen) atoms. The fourth-order valence-corrected chi connectivity index (χ4v) is 2.51. The molecule has 0 radical (unpaired) electrons. The molecule has 3 heteroatoms. The first-order valence-electron chi connectivity index (χ1n) is 7.19. The Balaban J connectivity index is 2.03. The monoisotopic (exact) mass is 261 g/mol. The van der Waals surface area contributed by atoms with E-state index in [2.05, 4.69) is 24.0 Å². The molecule has 2 rings (SSSR count). The zero-order chi connectivity index (χ0) is 13.7. The first-order valence-corrected chi connectivity index (χ1v) is 7.19. The van der Waals surface area contributed by atoms with Gasteiger partial charge < -0.3 is 9.64 Å². The van der Waals surface area contributed by atoms with E-state index in [-0.39, 0.29) is 11.7 Å². The Bertz CT molecular complexity index is 407.